The van der Waals surface area contributed by atoms with Crippen LogP contribution < -0.4 is 0 Å². The summed E-state index contributed by atoms with van der Waals surface area (Å²) >= 11 is 7.67. The molecule has 1 aromatic heterocycles. The Morgan fingerprint density at radius 3 is 2.39 bits per heavy atom. The highest BCUT2D eigenvalue weighted by Crippen LogP contribution is 2.20. The normalized spacial score (nSPS) is 11.9. The number of alkyl halides is 1. The van der Waals surface area contributed by atoms with Crippen LogP contribution in [0.5, 0.6) is 0 Å². The minimum Gasteiger partial charge on any atom is -0.332 e. The van der Waals surface area contributed by atoms with E-state index in [9.17, 15) is 9.59 Å². The Morgan fingerprint density at radius 2 is 1.82 bits per heavy atom. The molecule has 0 fully saturated rings. The van der Waals surface area contributed by atoms with Gasteiger partial charge in [0.15, 0.2) is 0 Å². The Balaban J connectivity index is 2.18. The van der Waals surface area contributed by atoms with Gasteiger partial charge in [-0.2, -0.15) is 0 Å². The van der Waals surface area contributed by atoms with Gasteiger partial charge in [-0.3, -0.25) is 9.59 Å². The standard InChI is InChI=1S/C22H29ClN2O2S/c1-4-5-12-24(22(27)18(3)23)16-21(26)25(14-19-9-7-6-8-10-19)15-20-17(2)11-13-28-20/h6-11,13,18H,4-5,12,14-16H2,1-3H3/t18-/m1/s1. The molecule has 0 radical (unpaired) electrons. The van der Waals surface area contributed by atoms with Gasteiger partial charge in [0.05, 0.1) is 13.1 Å². The van der Waals surface area contributed by atoms with Crippen LogP contribution in [0, 0.1) is 6.92 Å². The largest absolute Gasteiger partial charge is 0.332 e. The van der Waals surface area contributed by atoms with Crippen LogP contribution in [0.2, 0.25) is 0 Å². The zero-order valence-electron chi connectivity index (χ0n) is 16.9. The third kappa shape index (κ3) is 6.64. The van der Waals surface area contributed by atoms with Gasteiger partial charge in [-0.15, -0.1) is 22.9 Å². The van der Waals surface area contributed by atoms with Crippen molar-refractivity contribution in [2.75, 3.05) is 13.1 Å². The fourth-order valence-electron chi connectivity index (χ4n) is 2.91. The molecular formula is C22H29ClN2O2S. The Hall–Kier alpha value is -1.85. The van der Waals surface area contributed by atoms with Crippen LogP contribution in [0.4, 0.5) is 0 Å². The predicted molar refractivity (Wildman–Crippen MR) is 117 cm³/mol. The third-order valence-electron chi connectivity index (χ3n) is 4.63. The van der Waals surface area contributed by atoms with Crippen molar-refractivity contribution in [2.24, 2.45) is 0 Å². The molecular weight excluding hydrogens is 392 g/mol. The zero-order chi connectivity index (χ0) is 20.5. The minimum absolute atomic E-state index is 0.0570. The molecule has 0 bridgehead atoms. The number of thiophene rings is 1. The van der Waals surface area contributed by atoms with Crippen molar-refractivity contribution in [3.8, 4) is 0 Å². The van der Waals surface area contributed by atoms with Gasteiger partial charge in [-0.25, -0.2) is 0 Å². The lowest BCUT2D eigenvalue weighted by Gasteiger charge is -2.28. The summed E-state index contributed by atoms with van der Waals surface area (Å²) in [5.74, 6) is -0.242. The highest BCUT2D eigenvalue weighted by Gasteiger charge is 2.24. The van der Waals surface area contributed by atoms with Crippen molar-refractivity contribution in [1.29, 1.82) is 0 Å². The van der Waals surface area contributed by atoms with Crippen molar-refractivity contribution in [2.45, 2.75) is 52.1 Å². The number of carbonyl (C=O) groups is 2. The molecule has 152 valence electrons. The molecule has 1 heterocycles. The maximum absolute atomic E-state index is 13.2. The summed E-state index contributed by atoms with van der Waals surface area (Å²) in [6.45, 7) is 7.46. The summed E-state index contributed by atoms with van der Waals surface area (Å²) in [5, 5.41) is 1.41. The number of rotatable bonds is 10. The van der Waals surface area contributed by atoms with E-state index in [0.717, 1.165) is 18.4 Å². The molecule has 0 aliphatic rings. The van der Waals surface area contributed by atoms with E-state index in [4.69, 9.17) is 11.6 Å². The van der Waals surface area contributed by atoms with Crippen molar-refractivity contribution >= 4 is 34.8 Å². The van der Waals surface area contributed by atoms with Gasteiger partial charge >= 0.3 is 0 Å². The fraction of sp³-hybridized carbons (Fsp3) is 0.455. The second-order valence-corrected chi connectivity index (χ2v) is 8.65. The number of aryl methyl sites for hydroxylation is 1. The van der Waals surface area contributed by atoms with E-state index in [1.807, 2.05) is 40.6 Å². The number of carbonyl (C=O) groups excluding carboxylic acids is 2. The van der Waals surface area contributed by atoms with Gasteiger partial charge in [0.2, 0.25) is 11.8 Å². The number of unbranched alkanes of at least 4 members (excludes halogenated alkanes) is 1. The van der Waals surface area contributed by atoms with Gasteiger partial charge in [0.25, 0.3) is 0 Å². The van der Waals surface area contributed by atoms with Crippen molar-refractivity contribution in [3.05, 3.63) is 57.8 Å². The predicted octanol–water partition coefficient (Wildman–Crippen LogP) is 4.84. The molecule has 0 aliphatic heterocycles. The number of benzene rings is 1. The van der Waals surface area contributed by atoms with Crippen LogP contribution in [0.25, 0.3) is 0 Å². The summed E-state index contributed by atoms with van der Waals surface area (Å²) in [6, 6.07) is 12.0. The molecule has 0 unspecified atom stereocenters. The van der Waals surface area contributed by atoms with Gasteiger partial charge in [0, 0.05) is 18.0 Å². The Morgan fingerprint density at radius 1 is 1.11 bits per heavy atom. The van der Waals surface area contributed by atoms with Crippen LogP contribution in [0.1, 0.15) is 42.7 Å². The lowest BCUT2D eigenvalue weighted by Crippen LogP contribution is -2.44. The summed E-state index contributed by atoms with van der Waals surface area (Å²) < 4.78 is 0. The van der Waals surface area contributed by atoms with Gasteiger partial charge in [-0.1, -0.05) is 43.7 Å². The van der Waals surface area contributed by atoms with Crippen LogP contribution in [-0.4, -0.2) is 40.1 Å². The van der Waals surface area contributed by atoms with Crippen LogP contribution in [0.15, 0.2) is 41.8 Å². The molecule has 2 amide bonds. The summed E-state index contributed by atoms with van der Waals surface area (Å²) in [6.07, 6.45) is 1.81. The van der Waals surface area contributed by atoms with E-state index < -0.39 is 5.38 Å². The highest BCUT2D eigenvalue weighted by molar-refractivity contribution is 7.10. The molecule has 2 aromatic rings. The fourth-order valence-corrected chi connectivity index (χ4v) is 3.97. The van der Waals surface area contributed by atoms with Crippen molar-refractivity contribution in [3.63, 3.8) is 0 Å². The monoisotopic (exact) mass is 420 g/mol. The summed E-state index contributed by atoms with van der Waals surface area (Å²) in [5.41, 5.74) is 2.26. The first kappa shape index (κ1) is 22.4. The third-order valence-corrected chi connectivity index (χ3v) is 5.83. The first-order valence-corrected chi connectivity index (χ1v) is 11.0. The summed E-state index contributed by atoms with van der Waals surface area (Å²) in [4.78, 5) is 30.2. The van der Waals surface area contributed by atoms with Crippen LogP contribution in [-0.2, 0) is 22.7 Å². The SMILES string of the molecule is CCCCN(CC(=O)N(Cc1ccccc1)Cc1sccc1C)C(=O)[C@@H](C)Cl. The molecule has 0 saturated carbocycles. The number of hydrogen-bond donors (Lipinski definition) is 0. The quantitative estimate of drug-likeness (QED) is 0.516. The zero-order valence-corrected chi connectivity index (χ0v) is 18.4. The molecule has 4 nitrogen and oxygen atoms in total. The van der Waals surface area contributed by atoms with E-state index in [1.165, 1.54) is 10.4 Å². The van der Waals surface area contributed by atoms with Gasteiger partial charge in [0.1, 0.15) is 5.38 Å². The highest BCUT2D eigenvalue weighted by atomic mass is 35.5. The number of amides is 2. The number of hydrogen-bond acceptors (Lipinski definition) is 3. The number of nitrogens with zero attached hydrogens (tertiary/aromatic N) is 2. The lowest BCUT2D eigenvalue weighted by atomic mass is 10.2. The molecule has 0 N–H and O–H groups in total. The van der Waals surface area contributed by atoms with Gasteiger partial charge < -0.3 is 9.80 Å². The lowest BCUT2D eigenvalue weighted by molar-refractivity contribution is -0.141. The van der Waals surface area contributed by atoms with E-state index in [-0.39, 0.29) is 18.4 Å². The maximum Gasteiger partial charge on any atom is 0.242 e. The smallest absolute Gasteiger partial charge is 0.242 e. The Kier molecular flexibility index (Phi) is 9.00. The second-order valence-electron chi connectivity index (χ2n) is 6.99. The number of halogens is 1. The molecule has 28 heavy (non-hydrogen) atoms. The molecule has 0 saturated heterocycles. The van der Waals surface area contributed by atoms with Crippen molar-refractivity contribution in [1.82, 2.24) is 9.80 Å². The maximum atomic E-state index is 13.2. The van der Waals surface area contributed by atoms with Crippen LogP contribution >= 0.6 is 22.9 Å². The average Bonchev–Trinajstić information content (AvgIpc) is 3.09. The average molecular weight is 421 g/mol. The molecule has 2 rings (SSSR count). The van der Waals surface area contributed by atoms with E-state index in [1.54, 1.807) is 23.2 Å². The minimum atomic E-state index is -0.633. The molecule has 1 atom stereocenters. The molecule has 0 aliphatic carbocycles. The van der Waals surface area contributed by atoms with Crippen LogP contribution in [0.3, 0.4) is 0 Å². The Labute approximate surface area is 177 Å². The molecule has 6 heteroatoms. The second kappa shape index (κ2) is 11.2. The summed E-state index contributed by atoms with van der Waals surface area (Å²) in [7, 11) is 0. The van der Waals surface area contributed by atoms with Crippen molar-refractivity contribution < 1.29 is 9.59 Å². The molecule has 0 spiro atoms. The first-order chi connectivity index (χ1) is 13.4. The van der Waals surface area contributed by atoms with E-state index >= 15 is 0 Å². The molecule has 1 aromatic carbocycles. The topological polar surface area (TPSA) is 40.6 Å². The van der Waals surface area contributed by atoms with Gasteiger partial charge in [-0.05, 0) is 42.8 Å². The first-order valence-electron chi connectivity index (χ1n) is 9.69. The van der Waals surface area contributed by atoms with E-state index in [0.29, 0.717) is 19.6 Å². The Bertz CT molecular complexity index is 761. The van der Waals surface area contributed by atoms with E-state index in [2.05, 4.69) is 19.9 Å².